The fourth-order valence-electron chi connectivity index (χ4n) is 1.93. The number of rotatable bonds is 9. The van der Waals surface area contributed by atoms with Crippen molar-refractivity contribution < 1.29 is 19.1 Å². The monoisotopic (exact) mass is 301 g/mol. The fraction of sp³-hybridized carbons (Fsp3) is 0.786. The molecule has 0 radical (unpaired) electrons. The van der Waals surface area contributed by atoms with Crippen molar-refractivity contribution in [1.29, 1.82) is 0 Å². The van der Waals surface area contributed by atoms with Gasteiger partial charge < -0.3 is 20.7 Å². The van der Waals surface area contributed by atoms with Gasteiger partial charge in [-0.2, -0.15) is 0 Å². The molecule has 122 valence electrons. The number of amides is 3. The topological polar surface area (TPSA) is 102 Å². The van der Waals surface area contributed by atoms with Crippen LogP contribution in [0.15, 0.2) is 0 Å². The molecule has 0 aromatic carbocycles. The largest absolute Gasteiger partial charge is 0.465 e. The van der Waals surface area contributed by atoms with Crippen molar-refractivity contribution in [3.8, 4) is 0 Å². The summed E-state index contributed by atoms with van der Waals surface area (Å²) in [7, 11) is 0. The van der Waals surface area contributed by atoms with Gasteiger partial charge in [-0.25, -0.2) is 4.79 Å². The highest BCUT2D eigenvalue weighted by molar-refractivity contribution is 5.89. The summed E-state index contributed by atoms with van der Waals surface area (Å²) in [5.41, 5.74) is 5.13. The standard InChI is InChI=1S/C14H27N3O4/c1-5-8-17(9-11(18)21-7-3)13(19)12(10(4)6-2)16-14(15)20/h10,12H,5-9H2,1-4H3,(H3,15,16,20). The van der Waals surface area contributed by atoms with Gasteiger partial charge in [0.2, 0.25) is 5.91 Å². The number of hydrogen-bond donors (Lipinski definition) is 2. The number of nitrogens with one attached hydrogen (secondary N) is 1. The van der Waals surface area contributed by atoms with Crippen LogP contribution in [0.5, 0.6) is 0 Å². The lowest BCUT2D eigenvalue weighted by Gasteiger charge is -2.29. The van der Waals surface area contributed by atoms with Crippen molar-refractivity contribution >= 4 is 17.9 Å². The Balaban J connectivity index is 5.01. The molecule has 0 aliphatic heterocycles. The quantitative estimate of drug-likeness (QED) is 0.617. The number of carbonyl (C=O) groups is 3. The van der Waals surface area contributed by atoms with E-state index in [0.29, 0.717) is 19.4 Å². The van der Waals surface area contributed by atoms with Crippen molar-refractivity contribution in [3.05, 3.63) is 0 Å². The summed E-state index contributed by atoms with van der Waals surface area (Å²) >= 11 is 0. The van der Waals surface area contributed by atoms with E-state index in [9.17, 15) is 14.4 Å². The third-order valence-electron chi connectivity index (χ3n) is 3.21. The van der Waals surface area contributed by atoms with Crippen LogP contribution < -0.4 is 11.1 Å². The number of hydrogen-bond acceptors (Lipinski definition) is 4. The molecule has 2 unspecified atom stereocenters. The minimum atomic E-state index is -0.749. The zero-order chi connectivity index (χ0) is 16.4. The van der Waals surface area contributed by atoms with Gasteiger partial charge in [0.15, 0.2) is 0 Å². The molecule has 0 saturated heterocycles. The van der Waals surface area contributed by atoms with Crippen LogP contribution in [-0.2, 0) is 14.3 Å². The predicted molar refractivity (Wildman–Crippen MR) is 79.5 cm³/mol. The Morgan fingerprint density at radius 1 is 1.24 bits per heavy atom. The molecule has 7 heteroatoms. The van der Waals surface area contributed by atoms with Gasteiger partial charge in [-0.1, -0.05) is 27.2 Å². The van der Waals surface area contributed by atoms with Gasteiger partial charge >= 0.3 is 12.0 Å². The highest BCUT2D eigenvalue weighted by atomic mass is 16.5. The molecule has 0 aliphatic rings. The summed E-state index contributed by atoms with van der Waals surface area (Å²) in [4.78, 5) is 36.6. The lowest BCUT2D eigenvalue weighted by Crippen LogP contribution is -2.54. The van der Waals surface area contributed by atoms with Crippen molar-refractivity contribution in [2.45, 2.75) is 46.6 Å². The molecule has 0 aromatic rings. The first-order valence-electron chi connectivity index (χ1n) is 7.37. The van der Waals surface area contributed by atoms with Crippen LogP contribution in [0.4, 0.5) is 4.79 Å². The minimum Gasteiger partial charge on any atom is -0.465 e. The Bertz CT molecular complexity index is 360. The van der Waals surface area contributed by atoms with Crippen LogP contribution in [0.25, 0.3) is 0 Å². The van der Waals surface area contributed by atoms with Gasteiger partial charge in [0.25, 0.3) is 0 Å². The van der Waals surface area contributed by atoms with Crippen LogP contribution in [-0.4, -0.2) is 48.5 Å². The average Bonchev–Trinajstić information content (AvgIpc) is 2.42. The number of carbonyl (C=O) groups excluding carboxylic acids is 3. The first-order valence-corrected chi connectivity index (χ1v) is 7.37. The van der Waals surface area contributed by atoms with E-state index in [4.69, 9.17) is 10.5 Å². The molecule has 3 N–H and O–H groups in total. The Hall–Kier alpha value is -1.79. The van der Waals surface area contributed by atoms with E-state index in [1.165, 1.54) is 4.90 Å². The first-order chi connectivity index (χ1) is 9.87. The molecule has 0 rings (SSSR count). The van der Waals surface area contributed by atoms with E-state index in [2.05, 4.69) is 5.32 Å². The normalized spacial score (nSPS) is 13.1. The minimum absolute atomic E-state index is 0.0773. The van der Waals surface area contributed by atoms with Crippen molar-refractivity contribution in [2.24, 2.45) is 11.7 Å². The maximum atomic E-state index is 12.6. The van der Waals surface area contributed by atoms with Gasteiger partial charge in [-0.15, -0.1) is 0 Å². The van der Waals surface area contributed by atoms with Crippen molar-refractivity contribution in [3.63, 3.8) is 0 Å². The molecular formula is C14H27N3O4. The predicted octanol–water partition coefficient (Wildman–Crippen LogP) is 0.871. The molecule has 0 spiro atoms. The SMILES string of the molecule is CCCN(CC(=O)OCC)C(=O)C(NC(N)=O)C(C)CC. The lowest BCUT2D eigenvalue weighted by atomic mass is 9.98. The number of ether oxygens (including phenoxy) is 1. The Kier molecular flexibility index (Phi) is 9.16. The van der Waals surface area contributed by atoms with Crippen molar-refractivity contribution in [1.82, 2.24) is 10.2 Å². The van der Waals surface area contributed by atoms with Gasteiger partial charge in [-0.05, 0) is 19.3 Å². The fourth-order valence-corrected chi connectivity index (χ4v) is 1.93. The molecule has 0 fully saturated rings. The second kappa shape index (κ2) is 10.0. The van der Waals surface area contributed by atoms with Gasteiger partial charge in [-0.3, -0.25) is 9.59 Å². The van der Waals surface area contributed by atoms with Gasteiger partial charge in [0.1, 0.15) is 12.6 Å². The third kappa shape index (κ3) is 6.97. The summed E-state index contributed by atoms with van der Waals surface area (Å²) in [5, 5.41) is 2.47. The van der Waals surface area contributed by atoms with Crippen LogP contribution >= 0.6 is 0 Å². The summed E-state index contributed by atoms with van der Waals surface area (Å²) < 4.78 is 4.87. The van der Waals surface area contributed by atoms with E-state index < -0.39 is 18.0 Å². The van der Waals surface area contributed by atoms with E-state index in [-0.39, 0.29) is 25.0 Å². The molecule has 0 aromatic heterocycles. The maximum Gasteiger partial charge on any atom is 0.325 e. The number of nitrogens with two attached hydrogens (primary N) is 1. The lowest BCUT2D eigenvalue weighted by molar-refractivity contribution is -0.149. The van der Waals surface area contributed by atoms with E-state index in [1.54, 1.807) is 6.92 Å². The zero-order valence-electron chi connectivity index (χ0n) is 13.3. The molecule has 3 amide bonds. The second-order valence-corrected chi connectivity index (χ2v) is 4.94. The highest BCUT2D eigenvalue weighted by Crippen LogP contribution is 2.11. The van der Waals surface area contributed by atoms with Gasteiger partial charge in [0.05, 0.1) is 6.61 Å². The second-order valence-electron chi connectivity index (χ2n) is 4.94. The van der Waals surface area contributed by atoms with E-state index >= 15 is 0 Å². The van der Waals surface area contributed by atoms with E-state index in [1.807, 2.05) is 20.8 Å². The molecule has 0 bridgehead atoms. The Labute approximate surface area is 126 Å². The maximum absolute atomic E-state index is 12.6. The Morgan fingerprint density at radius 2 is 1.86 bits per heavy atom. The van der Waals surface area contributed by atoms with E-state index in [0.717, 1.165) is 0 Å². The van der Waals surface area contributed by atoms with Crippen LogP contribution in [0.1, 0.15) is 40.5 Å². The van der Waals surface area contributed by atoms with Gasteiger partial charge in [0, 0.05) is 6.54 Å². The summed E-state index contributed by atoms with van der Waals surface area (Å²) in [6.07, 6.45) is 1.41. The average molecular weight is 301 g/mol. The smallest absolute Gasteiger partial charge is 0.325 e. The molecular weight excluding hydrogens is 274 g/mol. The number of nitrogens with zero attached hydrogens (tertiary/aromatic N) is 1. The number of primary amides is 1. The van der Waals surface area contributed by atoms with Crippen molar-refractivity contribution in [2.75, 3.05) is 19.7 Å². The highest BCUT2D eigenvalue weighted by Gasteiger charge is 2.30. The summed E-state index contributed by atoms with van der Waals surface area (Å²) in [5.74, 6) is -0.842. The summed E-state index contributed by atoms with van der Waals surface area (Å²) in [6.45, 7) is 7.96. The number of esters is 1. The molecule has 7 nitrogen and oxygen atoms in total. The summed E-state index contributed by atoms with van der Waals surface area (Å²) in [6, 6.07) is -1.48. The van der Waals surface area contributed by atoms with Crippen LogP contribution in [0, 0.1) is 5.92 Å². The third-order valence-corrected chi connectivity index (χ3v) is 3.21. The molecule has 2 atom stereocenters. The van der Waals surface area contributed by atoms with Crippen LogP contribution in [0.2, 0.25) is 0 Å². The first kappa shape index (κ1) is 19.2. The van der Waals surface area contributed by atoms with Crippen LogP contribution in [0.3, 0.4) is 0 Å². The molecule has 21 heavy (non-hydrogen) atoms. The zero-order valence-corrected chi connectivity index (χ0v) is 13.3. The Morgan fingerprint density at radius 3 is 2.29 bits per heavy atom. The molecule has 0 heterocycles. The molecule has 0 saturated carbocycles. The number of urea groups is 1. The molecule has 0 aliphatic carbocycles.